The summed E-state index contributed by atoms with van der Waals surface area (Å²) >= 11 is 0. The van der Waals surface area contributed by atoms with Crippen LogP contribution in [0.4, 0.5) is 0 Å². The lowest BCUT2D eigenvalue weighted by Gasteiger charge is -2.58. The average Bonchev–Trinajstić information content (AvgIpc) is 3.05. The predicted molar refractivity (Wildman–Crippen MR) is 102 cm³/mol. The molecule has 6 aliphatic rings. The van der Waals surface area contributed by atoms with Gasteiger partial charge in [-0.2, -0.15) is 0 Å². The summed E-state index contributed by atoms with van der Waals surface area (Å²) in [6, 6.07) is 0. The minimum Gasteiger partial charge on any atom is -0.373 e. The molecule has 3 saturated carbocycles. The summed E-state index contributed by atoms with van der Waals surface area (Å²) in [6.45, 7) is 5.20. The minimum absolute atomic E-state index is 0.0704. The largest absolute Gasteiger partial charge is 0.373 e. The topological polar surface area (TPSA) is 54.0 Å². The molecule has 28 heavy (non-hydrogen) atoms. The van der Waals surface area contributed by atoms with Gasteiger partial charge >= 0.3 is 0 Å². The average molecular weight is 389 g/mol. The normalized spacial score (nSPS) is 55.0. The van der Waals surface area contributed by atoms with Crippen molar-refractivity contribution in [2.75, 3.05) is 26.4 Å². The lowest BCUT2D eigenvalue weighted by Crippen LogP contribution is -2.57. The van der Waals surface area contributed by atoms with Crippen LogP contribution < -0.4 is 0 Å². The van der Waals surface area contributed by atoms with Gasteiger partial charge in [0.05, 0.1) is 56.3 Å². The van der Waals surface area contributed by atoms with Gasteiger partial charge in [0.15, 0.2) is 0 Å². The van der Waals surface area contributed by atoms with E-state index in [1.165, 1.54) is 11.9 Å². The molecule has 0 aromatic rings. The summed E-state index contributed by atoms with van der Waals surface area (Å²) in [6.07, 6.45) is 10.5. The molecule has 4 unspecified atom stereocenters. The van der Waals surface area contributed by atoms with Crippen molar-refractivity contribution < 1.29 is 23.7 Å². The second-order valence-corrected chi connectivity index (χ2v) is 10.2. The molecule has 6 rings (SSSR count). The molecule has 2 heterocycles. The fourth-order valence-corrected chi connectivity index (χ4v) is 8.04. The first-order valence-electron chi connectivity index (χ1n) is 11.3. The first kappa shape index (κ1) is 18.1. The van der Waals surface area contributed by atoms with Gasteiger partial charge in [-0.25, -0.2) is 0 Å². The van der Waals surface area contributed by atoms with Gasteiger partial charge in [0.1, 0.15) is 6.29 Å². The van der Waals surface area contributed by atoms with Crippen LogP contribution in [0.2, 0.25) is 0 Å². The molecule has 0 amide bonds. The monoisotopic (exact) mass is 388 g/mol. The van der Waals surface area contributed by atoms with Crippen LogP contribution in [-0.2, 0) is 23.7 Å². The Bertz CT molecular complexity index is 690. The van der Waals surface area contributed by atoms with E-state index >= 15 is 0 Å². The van der Waals surface area contributed by atoms with E-state index in [2.05, 4.69) is 13.0 Å². The fourth-order valence-electron chi connectivity index (χ4n) is 8.04. The summed E-state index contributed by atoms with van der Waals surface area (Å²) in [5.74, 6) is 1.55. The number of fused-ring (bicyclic) bond motifs is 8. The molecule has 9 atom stereocenters. The maximum absolute atomic E-state index is 12.7. The Hall–Kier alpha value is -0.750. The zero-order valence-corrected chi connectivity index (χ0v) is 16.8. The third-order valence-corrected chi connectivity index (χ3v) is 9.29. The molecule has 2 saturated heterocycles. The minimum atomic E-state index is -0.346. The Kier molecular flexibility index (Phi) is 4.11. The molecule has 5 heteroatoms. The van der Waals surface area contributed by atoms with Crippen molar-refractivity contribution in [1.82, 2.24) is 0 Å². The zero-order valence-electron chi connectivity index (χ0n) is 16.8. The summed E-state index contributed by atoms with van der Waals surface area (Å²) in [7, 11) is 0. The van der Waals surface area contributed by atoms with Crippen molar-refractivity contribution in [2.24, 2.45) is 28.6 Å². The second-order valence-electron chi connectivity index (χ2n) is 10.2. The van der Waals surface area contributed by atoms with Gasteiger partial charge in [0.2, 0.25) is 0 Å². The highest BCUT2D eigenvalue weighted by Crippen LogP contribution is 2.65. The van der Waals surface area contributed by atoms with E-state index in [9.17, 15) is 4.79 Å². The molecule has 2 aliphatic heterocycles. The molecule has 0 spiro atoms. The first-order chi connectivity index (χ1) is 13.7. The molecule has 0 N–H and O–H groups in total. The highest BCUT2D eigenvalue weighted by Gasteiger charge is 2.64. The van der Waals surface area contributed by atoms with Gasteiger partial charge in [-0.15, -0.1) is 0 Å². The predicted octanol–water partition coefficient (Wildman–Crippen LogP) is 2.92. The molecule has 0 aromatic carbocycles. The van der Waals surface area contributed by atoms with Crippen molar-refractivity contribution in [3.63, 3.8) is 0 Å². The molecule has 5 fully saturated rings. The van der Waals surface area contributed by atoms with Crippen LogP contribution >= 0.6 is 0 Å². The Morgan fingerprint density at radius 2 is 1.75 bits per heavy atom. The van der Waals surface area contributed by atoms with Crippen molar-refractivity contribution in [3.8, 4) is 0 Å². The molecular formula is C23H32O5. The summed E-state index contributed by atoms with van der Waals surface area (Å²) in [5, 5.41) is 0. The third-order valence-electron chi connectivity index (χ3n) is 9.29. The van der Waals surface area contributed by atoms with Crippen LogP contribution in [0.5, 0.6) is 0 Å². The number of hydrogen-bond donors (Lipinski definition) is 0. The summed E-state index contributed by atoms with van der Waals surface area (Å²) in [4.78, 5) is 12.7. The van der Waals surface area contributed by atoms with Crippen LogP contribution in [0.15, 0.2) is 11.6 Å². The SMILES string of the molecule is C[C@]12CC[C@H]3[C@@H](CC=C4CC5OCCOC5C[C@@]43C=O)[C@@H]1CC1OCCOC12. The lowest BCUT2D eigenvalue weighted by atomic mass is 9.47. The van der Waals surface area contributed by atoms with Crippen LogP contribution in [0.1, 0.15) is 45.4 Å². The fraction of sp³-hybridized carbons (Fsp3) is 0.870. The Labute approximate surface area is 167 Å². The first-order valence-corrected chi connectivity index (χ1v) is 11.3. The van der Waals surface area contributed by atoms with Crippen molar-refractivity contribution >= 4 is 6.29 Å². The summed E-state index contributed by atoms with van der Waals surface area (Å²) < 4.78 is 24.4. The number of hydrogen-bond acceptors (Lipinski definition) is 5. The van der Waals surface area contributed by atoms with E-state index in [4.69, 9.17) is 18.9 Å². The van der Waals surface area contributed by atoms with E-state index in [0.29, 0.717) is 31.0 Å². The van der Waals surface area contributed by atoms with Crippen molar-refractivity contribution in [1.29, 1.82) is 0 Å². The Morgan fingerprint density at radius 3 is 2.57 bits per heavy atom. The number of rotatable bonds is 1. The molecule has 4 aliphatic carbocycles. The molecule has 0 radical (unpaired) electrons. The van der Waals surface area contributed by atoms with Crippen LogP contribution in [-0.4, -0.2) is 57.1 Å². The summed E-state index contributed by atoms with van der Waals surface area (Å²) in [5.41, 5.74) is 1.17. The molecule has 154 valence electrons. The van der Waals surface area contributed by atoms with E-state index in [1.807, 2.05) is 0 Å². The second kappa shape index (κ2) is 6.37. The maximum Gasteiger partial charge on any atom is 0.130 e. The number of ether oxygens (including phenoxy) is 4. The number of allylic oxidation sites excluding steroid dienone is 1. The molecular weight excluding hydrogens is 356 g/mol. The standard InChI is InChI=1S/C23H32O5/c1-22-5-4-16-15(17(22)11-19-21(22)28-9-8-26-19)3-2-14-10-18-20(27-7-6-25-18)12-23(14,16)13-24/h2,13,15-21H,3-12H2,1H3/t15-,16+,17+,18?,19?,20?,21?,22+,23-/m1/s1. The zero-order chi connectivity index (χ0) is 18.9. The molecule has 0 bridgehead atoms. The van der Waals surface area contributed by atoms with E-state index in [0.717, 1.165) is 51.7 Å². The smallest absolute Gasteiger partial charge is 0.130 e. The van der Waals surface area contributed by atoms with Gasteiger partial charge in [0, 0.05) is 0 Å². The molecule has 5 nitrogen and oxygen atoms in total. The van der Waals surface area contributed by atoms with Crippen LogP contribution in [0.25, 0.3) is 0 Å². The van der Waals surface area contributed by atoms with Crippen LogP contribution in [0.3, 0.4) is 0 Å². The quantitative estimate of drug-likeness (QED) is 0.511. The molecule has 0 aromatic heterocycles. The van der Waals surface area contributed by atoms with Gasteiger partial charge in [-0.1, -0.05) is 18.6 Å². The highest BCUT2D eigenvalue weighted by molar-refractivity contribution is 5.67. The lowest BCUT2D eigenvalue weighted by molar-refractivity contribution is -0.182. The number of carbonyl (C=O) groups excluding carboxylic acids is 1. The van der Waals surface area contributed by atoms with E-state index < -0.39 is 0 Å². The van der Waals surface area contributed by atoms with Gasteiger partial charge in [-0.05, 0) is 61.7 Å². The Morgan fingerprint density at radius 1 is 1.00 bits per heavy atom. The highest BCUT2D eigenvalue weighted by atomic mass is 16.6. The van der Waals surface area contributed by atoms with Crippen molar-refractivity contribution in [3.05, 3.63) is 11.6 Å². The third kappa shape index (κ3) is 2.31. The van der Waals surface area contributed by atoms with E-state index in [-0.39, 0.29) is 35.2 Å². The van der Waals surface area contributed by atoms with Crippen LogP contribution in [0, 0.1) is 28.6 Å². The number of carbonyl (C=O) groups is 1. The van der Waals surface area contributed by atoms with E-state index in [1.54, 1.807) is 0 Å². The van der Waals surface area contributed by atoms with Gasteiger partial charge in [0.25, 0.3) is 0 Å². The Balaban J connectivity index is 1.35. The maximum atomic E-state index is 12.7. The van der Waals surface area contributed by atoms with Crippen molar-refractivity contribution in [2.45, 2.75) is 69.9 Å². The van der Waals surface area contributed by atoms with Gasteiger partial charge in [-0.3, -0.25) is 0 Å². The number of aldehydes is 1. The van der Waals surface area contributed by atoms with Gasteiger partial charge < -0.3 is 23.7 Å².